The van der Waals surface area contributed by atoms with E-state index in [-0.39, 0.29) is 6.04 Å². The van der Waals surface area contributed by atoms with Crippen LogP contribution in [-0.4, -0.2) is 43.9 Å². The van der Waals surface area contributed by atoms with Gasteiger partial charge in [-0.2, -0.15) is 4.31 Å². The summed E-state index contributed by atoms with van der Waals surface area (Å²) in [6.07, 6.45) is 3.25. The second-order valence-corrected chi connectivity index (χ2v) is 6.33. The van der Waals surface area contributed by atoms with Crippen molar-refractivity contribution in [1.82, 2.24) is 14.6 Å². The molecular weight excluding hydrogens is 257 g/mol. The molecule has 2 heterocycles. The Kier molecular flexibility index (Phi) is 3.94. The minimum atomic E-state index is -3.85. The number of nitrogens with zero attached hydrogens (tertiary/aromatic N) is 2. The van der Waals surface area contributed by atoms with Gasteiger partial charge in [-0.1, -0.05) is 0 Å². The topological polar surface area (TPSA) is 62.3 Å². The van der Waals surface area contributed by atoms with Crippen molar-refractivity contribution in [2.24, 2.45) is 0 Å². The number of hydrogen-bond acceptors (Lipinski definition) is 4. The van der Waals surface area contributed by atoms with Crippen LogP contribution in [0.2, 0.25) is 0 Å². The van der Waals surface area contributed by atoms with Crippen molar-refractivity contribution >= 4 is 10.0 Å². The lowest BCUT2D eigenvalue weighted by Gasteiger charge is -2.20. The number of aromatic nitrogens is 1. The van der Waals surface area contributed by atoms with Gasteiger partial charge in [0.2, 0.25) is 5.03 Å². The molecule has 2 rings (SSSR count). The van der Waals surface area contributed by atoms with Crippen LogP contribution in [-0.2, 0) is 10.0 Å². The maximum Gasteiger partial charge on any atom is 0.263 e. The fraction of sp³-hybridized carbons (Fsp3) is 0.545. The van der Waals surface area contributed by atoms with Gasteiger partial charge in [0.1, 0.15) is 0 Å². The molecule has 1 aromatic rings. The summed E-state index contributed by atoms with van der Waals surface area (Å²) >= 11 is 0. The van der Waals surface area contributed by atoms with Crippen molar-refractivity contribution in [3.63, 3.8) is 0 Å². The Balaban J connectivity index is 2.17. The monoisotopic (exact) mass is 273 g/mol. The molecule has 0 radical (unpaired) electrons. The summed E-state index contributed by atoms with van der Waals surface area (Å²) in [4.78, 5) is 3.62. The third-order valence-electron chi connectivity index (χ3n) is 3.02. The molecule has 0 aromatic carbocycles. The van der Waals surface area contributed by atoms with Crippen LogP contribution in [0.15, 0.2) is 23.4 Å². The standard InChI is InChI=1S/C11H16FN3O2S/c1-15(8-9-4-2-6-13-9)18(16,17)11-10(12)5-3-7-14-11/h3,5,7,9,13H,2,4,6,8H2,1H3. The molecule has 7 heteroatoms. The molecule has 1 aromatic heterocycles. The largest absolute Gasteiger partial charge is 0.313 e. The number of pyridine rings is 1. The molecule has 18 heavy (non-hydrogen) atoms. The van der Waals surface area contributed by atoms with Gasteiger partial charge in [0.25, 0.3) is 10.0 Å². The van der Waals surface area contributed by atoms with Crippen molar-refractivity contribution in [2.75, 3.05) is 20.1 Å². The molecule has 0 amide bonds. The van der Waals surface area contributed by atoms with Crippen molar-refractivity contribution < 1.29 is 12.8 Å². The smallest absolute Gasteiger partial charge is 0.263 e. The van der Waals surface area contributed by atoms with Crippen LogP contribution in [0.4, 0.5) is 4.39 Å². The van der Waals surface area contributed by atoms with Crippen LogP contribution < -0.4 is 5.32 Å². The van der Waals surface area contributed by atoms with E-state index in [1.165, 1.54) is 19.3 Å². The molecule has 1 N–H and O–H groups in total. The second-order valence-electron chi connectivity index (χ2n) is 4.37. The fourth-order valence-electron chi connectivity index (χ4n) is 2.03. The average molecular weight is 273 g/mol. The maximum atomic E-state index is 13.5. The normalized spacial score (nSPS) is 20.5. The van der Waals surface area contributed by atoms with Crippen LogP contribution in [0.1, 0.15) is 12.8 Å². The predicted molar refractivity (Wildman–Crippen MR) is 65.0 cm³/mol. The summed E-state index contributed by atoms with van der Waals surface area (Å²) in [5.41, 5.74) is 0. The van der Waals surface area contributed by atoms with Crippen LogP contribution in [0.3, 0.4) is 0 Å². The van der Waals surface area contributed by atoms with Crippen molar-refractivity contribution in [2.45, 2.75) is 23.9 Å². The minimum absolute atomic E-state index is 0.136. The van der Waals surface area contributed by atoms with Gasteiger partial charge in [0.15, 0.2) is 5.82 Å². The highest BCUT2D eigenvalue weighted by molar-refractivity contribution is 7.89. The Morgan fingerprint density at radius 3 is 3.00 bits per heavy atom. The Hall–Kier alpha value is -1.05. The first-order chi connectivity index (χ1) is 8.51. The summed E-state index contributed by atoms with van der Waals surface area (Å²) < 4.78 is 38.9. The van der Waals surface area contributed by atoms with Gasteiger partial charge in [0.05, 0.1) is 0 Å². The Bertz CT molecular complexity index is 515. The quantitative estimate of drug-likeness (QED) is 0.872. The highest BCUT2D eigenvalue weighted by Crippen LogP contribution is 2.16. The lowest BCUT2D eigenvalue weighted by Crippen LogP contribution is -2.39. The van der Waals surface area contributed by atoms with Gasteiger partial charge in [-0.15, -0.1) is 0 Å². The first-order valence-electron chi connectivity index (χ1n) is 5.82. The van der Waals surface area contributed by atoms with Gasteiger partial charge in [0, 0.05) is 25.8 Å². The zero-order valence-corrected chi connectivity index (χ0v) is 11.0. The van der Waals surface area contributed by atoms with Crippen molar-refractivity contribution in [1.29, 1.82) is 0 Å². The molecule has 0 saturated carbocycles. The van der Waals surface area contributed by atoms with E-state index in [1.54, 1.807) is 0 Å². The van der Waals surface area contributed by atoms with Crippen molar-refractivity contribution in [3.8, 4) is 0 Å². The number of hydrogen-bond donors (Lipinski definition) is 1. The lowest BCUT2D eigenvalue weighted by atomic mass is 10.2. The minimum Gasteiger partial charge on any atom is -0.313 e. The molecule has 0 aliphatic carbocycles. The van der Waals surface area contributed by atoms with Gasteiger partial charge in [-0.3, -0.25) is 0 Å². The Morgan fingerprint density at radius 2 is 2.39 bits per heavy atom. The molecule has 0 spiro atoms. The van der Waals surface area contributed by atoms with E-state index in [0.29, 0.717) is 6.54 Å². The highest BCUT2D eigenvalue weighted by atomic mass is 32.2. The van der Waals surface area contributed by atoms with Crippen LogP contribution in [0, 0.1) is 5.82 Å². The van der Waals surface area contributed by atoms with Crippen LogP contribution >= 0.6 is 0 Å². The van der Waals surface area contributed by atoms with Crippen molar-refractivity contribution in [3.05, 3.63) is 24.1 Å². The van der Waals surface area contributed by atoms with E-state index in [0.717, 1.165) is 29.8 Å². The highest BCUT2D eigenvalue weighted by Gasteiger charge is 2.28. The summed E-state index contributed by atoms with van der Waals surface area (Å²) in [7, 11) is -2.40. The molecule has 1 aliphatic rings. The zero-order chi connectivity index (χ0) is 13.2. The number of likely N-dealkylation sites (N-methyl/N-ethyl adjacent to an activating group) is 1. The van der Waals surface area contributed by atoms with E-state index in [1.807, 2.05) is 0 Å². The molecule has 0 bridgehead atoms. The second kappa shape index (κ2) is 5.29. The predicted octanol–water partition coefficient (Wildman–Crippen LogP) is 0.593. The molecule has 1 unspecified atom stereocenters. The molecule has 1 saturated heterocycles. The number of rotatable bonds is 4. The van der Waals surface area contributed by atoms with Crippen LogP contribution in [0.25, 0.3) is 0 Å². The van der Waals surface area contributed by atoms with E-state index >= 15 is 0 Å². The molecule has 5 nitrogen and oxygen atoms in total. The van der Waals surface area contributed by atoms with Gasteiger partial charge in [-0.05, 0) is 31.5 Å². The van der Waals surface area contributed by atoms with Gasteiger partial charge in [-0.25, -0.2) is 17.8 Å². The zero-order valence-electron chi connectivity index (χ0n) is 10.1. The average Bonchev–Trinajstić information content (AvgIpc) is 2.82. The lowest BCUT2D eigenvalue weighted by molar-refractivity contribution is 0.411. The van der Waals surface area contributed by atoms with Gasteiger partial charge >= 0.3 is 0 Å². The summed E-state index contributed by atoms with van der Waals surface area (Å²) in [5, 5.41) is 2.70. The van der Waals surface area contributed by atoms with Crippen LogP contribution in [0.5, 0.6) is 0 Å². The summed E-state index contributed by atoms with van der Waals surface area (Å²) in [6, 6.07) is 2.60. The van der Waals surface area contributed by atoms with E-state index in [9.17, 15) is 12.8 Å². The number of halogens is 1. The van der Waals surface area contributed by atoms with E-state index in [2.05, 4.69) is 10.3 Å². The molecule has 1 aliphatic heterocycles. The molecular formula is C11H16FN3O2S. The third kappa shape index (κ3) is 2.68. The Morgan fingerprint density at radius 1 is 1.61 bits per heavy atom. The number of sulfonamides is 1. The number of nitrogens with one attached hydrogen (secondary N) is 1. The Labute approximate surface area is 106 Å². The first-order valence-corrected chi connectivity index (χ1v) is 7.26. The van der Waals surface area contributed by atoms with Gasteiger partial charge < -0.3 is 5.32 Å². The first kappa shape index (κ1) is 13.4. The third-order valence-corrected chi connectivity index (χ3v) is 4.78. The van der Waals surface area contributed by atoms with E-state index < -0.39 is 20.9 Å². The summed E-state index contributed by atoms with van der Waals surface area (Å²) in [5.74, 6) is -0.816. The fourth-order valence-corrected chi connectivity index (χ4v) is 3.21. The maximum absolute atomic E-state index is 13.5. The summed E-state index contributed by atoms with van der Waals surface area (Å²) in [6.45, 7) is 1.23. The molecule has 100 valence electrons. The van der Waals surface area contributed by atoms with E-state index in [4.69, 9.17) is 0 Å². The molecule has 1 fully saturated rings. The molecule has 1 atom stereocenters. The SMILES string of the molecule is CN(CC1CCCN1)S(=O)(=O)c1ncccc1F.